The van der Waals surface area contributed by atoms with Crippen LogP contribution in [0.1, 0.15) is 45.6 Å². The summed E-state index contributed by atoms with van der Waals surface area (Å²) < 4.78 is 5.14. The van der Waals surface area contributed by atoms with E-state index in [-0.39, 0.29) is 5.92 Å². The Morgan fingerprint density at radius 1 is 1.24 bits per heavy atom. The molecule has 0 heterocycles. The maximum absolute atomic E-state index is 11.8. The van der Waals surface area contributed by atoms with Gasteiger partial charge in [0.1, 0.15) is 11.6 Å². The highest BCUT2D eigenvalue weighted by Gasteiger charge is 2.31. The molecule has 0 saturated heterocycles. The van der Waals surface area contributed by atoms with Crippen LogP contribution in [0.3, 0.4) is 0 Å². The topological polar surface area (TPSA) is 75.6 Å². The van der Waals surface area contributed by atoms with Crippen molar-refractivity contribution in [3.05, 3.63) is 35.9 Å². The molecule has 5 heteroatoms. The molecule has 1 rings (SSSR count). The smallest absolute Gasteiger partial charge is 0.408 e. The monoisotopic (exact) mass is 293 g/mol. The molecule has 0 saturated carbocycles. The summed E-state index contributed by atoms with van der Waals surface area (Å²) in [6, 6.07) is 8.27. The number of carbonyl (C=O) groups excluding carboxylic acids is 1. The Bertz CT molecular complexity index is 479. The van der Waals surface area contributed by atoms with E-state index in [1.807, 2.05) is 37.3 Å². The first kappa shape index (κ1) is 17.0. The SMILES string of the molecule is CCC(c1ccccc1)C(NC(=O)OC(C)(C)C)C(=O)O. The van der Waals surface area contributed by atoms with Crippen molar-refractivity contribution in [1.29, 1.82) is 0 Å². The summed E-state index contributed by atoms with van der Waals surface area (Å²) in [5.41, 5.74) is 0.213. The van der Waals surface area contributed by atoms with E-state index in [2.05, 4.69) is 5.32 Å². The number of carboxylic acid groups (broad SMARTS) is 1. The summed E-state index contributed by atoms with van der Waals surface area (Å²) in [6.07, 6.45) is -0.124. The number of hydrogen-bond donors (Lipinski definition) is 2. The van der Waals surface area contributed by atoms with E-state index in [0.29, 0.717) is 6.42 Å². The van der Waals surface area contributed by atoms with Crippen molar-refractivity contribution >= 4 is 12.1 Å². The normalized spacial score (nSPS) is 14.1. The van der Waals surface area contributed by atoms with Gasteiger partial charge >= 0.3 is 12.1 Å². The third-order valence-electron chi connectivity index (χ3n) is 3.01. The number of benzene rings is 1. The quantitative estimate of drug-likeness (QED) is 0.874. The summed E-state index contributed by atoms with van der Waals surface area (Å²) in [6.45, 7) is 7.09. The second-order valence-corrected chi connectivity index (χ2v) is 5.89. The molecule has 0 spiro atoms. The van der Waals surface area contributed by atoms with Crippen LogP contribution in [-0.4, -0.2) is 28.8 Å². The van der Waals surface area contributed by atoms with E-state index in [4.69, 9.17) is 4.74 Å². The van der Waals surface area contributed by atoms with Crippen LogP contribution < -0.4 is 5.32 Å². The van der Waals surface area contributed by atoms with Crippen LogP contribution in [0.5, 0.6) is 0 Å². The van der Waals surface area contributed by atoms with Gasteiger partial charge in [0.05, 0.1) is 0 Å². The molecule has 21 heavy (non-hydrogen) atoms. The number of carboxylic acids is 1. The number of rotatable bonds is 5. The minimum atomic E-state index is -1.07. The van der Waals surface area contributed by atoms with Crippen molar-refractivity contribution in [1.82, 2.24) is 5.32 Å². The number of hydrogen-bond acceptors (Lipinski definition) is 3. The van der Waals surface area contributed by atoms with Crippen LogP contribution in [0.25, 0.3) is 0 Å². The Balaban J connectivity index is 2.90. The Hall–Kier alpha value is -2.04. The van der Waals surface area contributed by atoms with Gasteiger partial charge in [-0.2, -0.15) is 0 Å². The van der Waals surface area contributed by atoms with Crippen molar-refractivity contribution in [2.75, 3.05) is 0 Å². The minimum absolute atomic E-state index is 0.309. The van der Waals surface area contributed by atoms with Gasteiger partial charge in [0.25, 0.3) is 0 Å². The number of ether oxygens (including phenoxy) is 1. The molecule has 0 aliphatic rings. The standard InChI is InChI=1S/C16H23NO4/c1-5-12(11-9-7-6-8-10-11)13(14(18)19)17-15(20)21-16(2,3)4/h6-10,12-13H,5H2,1-4H3,(H,17,20)(H,18,19). The average Bonchev–Trinajstić information content (AvgIpc) is 2.37. The number of carbonyl (C=O) groups is 2. The highest BCUT2D eigenvalue weighted by atomic mass is 16.6. The number of amides is 1. The van der Waals surface area contributed by atoms with Gasteiger partial charge in [0.2, 0.25) is 0 Å². The maximum Gasteiger partial charge on any atom is 0.408 e. The molecule has 0 aromatic heterocycles. The molecule has 1 amide bonds. The largest absolute Gasteiger partial charge is 0.480 e. The highest BCUT2D eigenvalue weighted by molar-refractivity contribution is 5.81. The molecule has 2 atom stereocenters. The molecule has 0 bridgehead atoms. The first-order valence-corrected chi connectivity index (χ1v) is 7.02. The van der Waals surface area contributed by atoms with Gasteiger partial charge in [0.15, 0.2) is 0 Å². The van der Waals surface area contributed by atoms with Crippen molar-refractivity contribution < 1.29 is 19.4 Å². The van der Waals surface area contributed by atoms with Gasteiger partial charge in [-0.15, -0.1) is 0 Å². The van der Waals surface area contributed by atoms with Gasteiger partial charge in [-0.1, -0.05) is 37.3 Å². The third kappa shape index (κ3) is 5.45. The van der Waals surface area contributed by atoms with E-state index in [9.17, 15) is 14.7 Å². The highest BCUT2D eigenvalue weighted by Crippen LogP contribution is 2.24. The molecule has 1 aromatic rings. The summed E-state index contributed by atoms with van der Waals surface area (Å²) >= 11 is 0. The third-order valence-corrected chi connectivity index (χ3v) is 3.01. The van der Waals surface area contributed by atoms with E-state index in [0.717, 1.165) is 5.56 Å². The van der Waals surface area contributed by atoms with E-state index < -0.39 is 23.7 Å². The lowest BCUT2D eigenvalue weighted by Gasteiger charge is -2.26. The fraction of sp³-hybridized carbons (Fsp3) is 0.500. The minimum Gasteiger partial charge on any atom is -0.480 e. The lowest BCUT2D eigenvalue weighted by Crippen LogP contribution is -2.46. The van der Waals surface area contributed by atoms with Gasteiger partial charge in [0, 0.05) is 5.92 Å². The molecule has 0 aliphatic heterocycles. The van der Waals surface area contributed by atoms with Crippen LogP contribution in [0.4, 0.5) is 4.79 Å². The first-order chi connectivity index (χ1) is 9.74. The summed E-state index contributed by atoms with van der Waals surface area (Å²) in [5.74, 6) is -1.38. The Morgan fingerprint density at radius 2 is 1.81 bits per heavy atom. The fourth-order valence-electron chi connectivity index (χ4n) is 2.13. The van der Waals surface area contributed by atoms with E-state index >= 15 is 0 Å². The van der Waals surface area contributed by atoms with Crippen molar-refractivity contribution in [2.24, 2.45) is 0 Å². The number of aliphatic carboxylic acids is 1. The maximum atomic E-state index is 11.8. The van der Waals surface area contributed by atoms with Gasteiger partial charge < -0.3 is 15.2 Å². The number of nitrogens with one attached hydrogen (secondary N) is 1. The lowest BCUT2D eigenvalue weighted by molar-refractivity contribution is -0.140. The number of alkyl carbamates (subject to hydrolysis) is 1. The summed E-state index contributed by atoms with van der Waals surface area (Å²) in [5, 5.41) is 11.9. The molecule has 116 valence electrons. The second kappa shape index (κ2) is 7.11. The lowest BCUT2D eigenvalue weighted by atomic mass is 9.89. The van der Waals surface area contributed by atoms with Crippen LogP contribution in [-0.2, 0) is 9.53 Å². The zero-order valence-corrected chi connectivity index (χ0v) is 12.9. The van der Waals surface area contributed by atoms with Crippen LogP contribution in [0.2, 0.25) is 0 Å². The molecular weight excluding hydrogens is 270 g/mol. The molecule has 0 aliphatic carbocycles. The van der Waals surface area contributed by atoms with Crippen molar-refractivity contribution in [3.8, 4) is 0 Å². The van der Waals surface area contributed by atoms with E-state index in [1.165, 1.54) is 0 Å². The Labute approximate surface area is 125 Å². The predicted octanol–water partition coefficient (Wildman–Crippen LogP) is 3.16. The Morgan fingerprint density at radius 3 is 2.24 bits per heavy atom. The fourth-order valence-corrected chi connectivity index (χ4v) is 2.13. The van der Waals surface area contributed by atoms with Crippen LogP contribution in [0.15, 0.2) is 30.3 Å². The molecule has 1 aromatic carbocycles. The predicted molar refractivity (Wildman–Crippen MR) is 80.3 cm³/mol. The summed E-state index contributed by atoms with van der Waals surface area (Å²) in [4.78, 5) is 23.3. The average molecular weight is 293 g/mol. The van der Waals surface area contributed by atoms with Crippen LogP contribution >= 0.6 is 0 Å². The molecular formula is C16H23NO4. The Kier molecular flexibility index (Phi) is 5.76. The van der Waals surface area contributed by atoms with Gasteiger partial charge in [-0.05, 0) is 32.8 Å². The van der Waals surface area contributed by atoms with Crippen molar-refractivity contribution in [3.63, 3.8) is 0 Å². The first-order valence-electron chi connectivity index (χ1n) is 7.02. The molecule has 0 fully saturated rings. The molecule has 2 unspecified atom stereocenters. The summed E-state index contributed by atoms with van der Waals surface area (Å²) in [7, 11) is 0. The van der Waals surface area contributed by atoms with Gasteiger partial charge in [-0.3, -0.25) is 0 Å². The van der Waals surface area contributed by atoms with Gasteiger partial charge in [-0.25, -0.2) is 9.59 Å². The zero-order valence-electron chi connectivity index (χ0n) is 12.9. The zero-order chi connectivity index (χ0) is 16.0. The molecule has 2 N–H and O–H groups in total. The van der Waals surface area contributed by atoms with Crippen molar-refractivity contribution in [2.45, 2.75) is 51.7 Å². The van der Waals surface area contributed by atoms with E-state index in [1.54, 1.807) is 20.8 Å². The van der Waals surface area contributed by atoms with Crippen LogP contribution in [0, 0.1) is 0 Å². The second-order valence-electron chi connectivity index (χ2n) is 5.89. The molecule has 0 radical (unpaired) electrons. The molecule has 5 nitrogen and oxygen atoms in total.